The molecule has 12 heteroatoms. The van der Waals surface area contributed by atoms with Gasteiger partial charge in [-0.2, -0.15) is 0 Å². The summed E-state index contributed by atoms with van der Waals surface area (Å²) < 4.78 is 38.1. The minimum absolute atomic E-state index is 0.00682. The van der Waals surface area contributed by atoms with Crippen LogP contribution in [-0.4, -0.2) is 69.6 Å². The number of ether oxygens (including phenoxy) is 2. The topological polar surface area (TPSA) is 105 Å². The number of carbonyl (C=O) groups excluding carboxylic acids is 2. The lowest BCUT2D eigenvalue weighted by Gasteiger charge is -2.33. The highest BCUT2D eigenvalue weighted by molar-refractivity contribution is 7.92. The third-order valence-corrected chi connectivity index (χ3v) is 6.60. The highest BCUT2D eigenvalue weighted by Gasteiger charge is 2.25. The Bertz CT molecular complexity index is 1080. The molecule has 178 valence electrons. The van der Waals surface area contributed by atoms with Crippen LogP contribution in [0.15, 0.2) is 47.4 Å². The molecule has 1 N–H and O–H groups in total. The summed E-state index contributed by atoms with van der Waals surface area (Å²) in [5, 5.41) is 0.604. The van der Waals surface area contributed by atoms with Gasteiger partial charge in [0.2, 0.25) is 0 Å². The normalized spacial score (nSPS) is 14.0. The predicted octanol–water partition coefficient (Wildman–Crippen LogP) is 3.47. The largest absolute Gasteiger partial charge is 0.484 e. The molecule has 0 radical (unpaired) electrons. The van der Waals surface area contributed by atoms with Crippen LogP contribution >= 0.6 is 23.2 Å². The molecular weight excluding hydrogens is 493 g/mol. The summed E-state index contributed by atoms with van der Waals surface area (Å²) in [6, 6.07) is 10.0. The number of sulfonamides is 1. The lowest BCUT2D eigenvalue weighted by Crippen LogP contribution is -2.51. The number of amides is 2. The molecule has 1 aliphatic heterocycles. The zero-order valence-corrected chi connectivity index (χ0v) is 20.1. The van der Waals surface area contributed by atoms with Crippen LogP contribution < -0.4 is 9.46 Å². The van der Waals surface area contributed by atoms with Crippen molar-refractivity contribution in [3.63, 3.8) is 0 Å². The molecule has 0 bridgehead atoms. The number of halogens is 2. The Morgan fingerprint density at radius 2 is 1.55 bits per heavy atom. The zero-order chi connectivity index (χ0) is 24.0. The van der Waals surface area contributed by atoms with Gasteiger partial charge in [-0.25, -0.2) is 13.2 Å². The van der Waals surface area contributed by atoms with E-state index in [4.69, 9.17) is 32.7 Å². The Labute approximate surface area is 202 Å². The van der Waals surface area contributed by atoms with Gasteiger partial charge in [0.05, 0.1) is 17.2 Å². The van der Waals surface area contributed by atoms with Crippen molar-refractivity contribution in [3.05, 3.63) is 52.5 Å². The Morgan fingerprint density at radius 1 is 0.970 bits per heavy atom. The van der Waals surface area contributed by atoms with Crippen molar-refractivity contribution in [3.8, 4) is 5.75 Å². The first-order valence-corrected chi connectivity index (χ1v) is 12.3. The van der Waals surface area contributed by atoms with Crippen LogP contribution in [0.1, 0.15) is 6.92 Å². The molecule has 0 unspecified atom stereocenters. The van der Waals surface area contributed by atoms with E-state index >= 15 is 0 Å². The van der Waals surface area contributed by atoms with Gasteiger partial charge < -0.3 is 19.3 Å². The summed E-state index contributed by atoms with van der Waals surface area (Å²) in [7, 11) is -3.87. The average Bonchev–Trinajstić information content (AvgIpc) is 2.77. The van der Waals surface area contributed by atoms with E-state index in [1.807, 2.05) is 0 Å². The van der Waals surface area contributed by atoms with Crippen LogP contribution in [0, 0.1) is 0 Å². The number of benzene rings is 2. The van der Waals surface area contributed by atoms with Gasteiger partial charge in [0.1, 0.15) is 5.75 Å². The number of hydrogen-bond donors (Lipinski definition) is 1. The van der Waals surface area contributed by atoms with Crippen LogP contribution in [-0.2, 0) is 19.6 Å². The van der Waals surface area contributed by atoms with Crippen LogP contribution in [0.25, 0.3) is 0 Å². The lowest BCUT2D eigenvalue weighted by molar-refractivity contribution is -0.134. The summed E-state index contributed by atoms with van der Waals surface area (Å²) in [4.78, 5) is 27.3. The maximum atomic E-state index is 12.6. The molecule has 2 aromatic rings. The van der Waals surface area contributed by atoms with Gasteiger partial charge in [-0.05, 0) is 49.4 Å². The maximum absolute atomic E-state index is 12.6. The zero-order valence-electron chi connectivity index (χ0n) is 17.8. The fourth-order valence-corrected chi connectivity index (χ4v) is 4.70. The molecule has 0 aromatic heterocycles. The summed E-state index contributed by atoms with van der Waals surface area (Å²) in [6.07, 6.45) is -0.385. The quantitative estimate of drug-likeness (QED) is 0.605. The van der Waals surface area contributed by atoms with Gasteiger partial charge in [-0.1, -0.05) is 23.2 Å². The molecule has 1 fully saturated rings. The molecule has 1 heterocycles. The van der Waals surface area contributed by atoms with E-state index in [9.17, 15) is 18.0 Å². The molecule has 1 aliphatic rings. The third kappa shape index (κ3) is 6.89. The van der Waals surface area contributed by atoms with Crippen molar-refractivity contribution in [2.45, 2.75) is 11.8 Å². The first-order chi connectivity index (χ1) is 15.7. The third-order valence-electron chi connectivity index (χ3n) is 4.77. The first kappa shape index (κ1) is 24.9. The Balaban J connectivity index is 1.52. The summed E-state index contributed by atoms with van der Waals surface area (Å²) in [6.45, 7) is 3.39. The molecule has 0 spiro atoms. The van der Waals surface area contributed by atoms with Crippen molar-refractivity contribution in [1.82, 2.24) is 9.80 Å². The van der Waals surface area contributed by atoms with Crippen LogP contribution in [0.5, 0.6) is 5.75 Å². The molecular formula is C21H23Cl2N3O6S. The van der Waals surface area contributed by atoms with Crippen molar-refractivity contribution < 1.29 is 27.5 Å². The highest BCUT2D eigenvalue weighted by Crippen LogP contribution is 2.25. The maximum Gasteiger partial charge on any atom is 0.409 e. The van der Waals surface area contributed by atoms with Gasteiger partial charge >= 0.3 is 6.09 Å². The minimum Gasteiger partial charge on any atom is -0.484 e. The Morgan fingerprint density at radius 3 is 2.12 bits per heavy atom. The monoisotopic (exact) mass is 515 g/mol. The van der Waals surface area contributed by atoms with E-state index < -0.39 is 10.0 Å². The number of rotatable bonds is 7. The highest BCUT2D eigenvalue weighted by atomic mass is 35.5. The van der Waals surface area contributed by atoms with Crippen molar-refractivity contribution in [2.75, 3.05) is 44.1 Å². The lowest BCUT2D eigenvalue weighted by atomic mass is 10.3. The molecule has 33 heavy (non-hydrogen) atoms. The fourth-order valence-electron chi connectivity index (χ4n) is 3.13. The van der Waals surface area contributed by atoms with E-state index in [1.54, 1.807) is 16.7 Å². The SMILES string of the molecule is CCOC(=O)N1CCN(C(=O)COc2ccc(S(=O)(=O)Nc3cc(Cl)cc(Cl)c3)cc2)CC1. The van der Waals surface area contributed by atoms with Crippen molar-refractivity contribution >= 4 is 50.9 Å². The number of piperazine rings is 1. The van der Waals surface area contributed by atoms with Gasteiger partial charge in [-0.15, -0.1) is 0 Å². The van der Waals surface area contributed by atoms with Gasteiger partial charge in [-0.3, -0.25) is 9.52 Å². The van der Waals surface area contributed by atoms with E-state index in [0.29, 0.717) is 48.6 Å². The molecule has 1 saturated heterocycles. The van der Waals surface area contributed by atoms with Crippen LogP contribution in [0.4, 0.5) is 10.5 Å². The number of anilines is 1. The average molecular weight is 516 g/mol. The second-order valence-corrected chi connectivity index (χ2v) is 9.65. The molecule has 3 rings (SSSR count). The number of hydrogen-bond acceptors (Lipinski definition) is 6. The molecule has 9 nitrogen and oxygen atoms in total. The molecule has 0 aliphatic carbocycles. The van der Waals surface area contributed by atoms with Crippen molar-refractivity contribution in [1.29, 1.82) is 0 Å². The van der Waals surface area contributed by atoms with Gasteiger partial charge in [0.25, 0.3) is 15.9 Å². The number of nitrogens with one attached hydrogen (secondary N) is 1. The van der Waals surface area contributed by atoms with E-state index in [1.165, 1.54) is 42.5 Å². The Kier molecular flexibility index (Phi) is 8.28. The second-order valence-electron chi connectivity index (χ2n) is 7.09. The summed E-state index contributed by atoms with van der Waals surface area (Å²) in [5.74, 6) is 0.118. The van der Waals surface area contributed by atoms with Crippen LogP contribution in [0.3, 0.4) is 0 Å². The van der Waals surface area contributed by atoms with E-state index in [2.05, 4.69) is 4.72 Å². The number of nitrogens with zero attached hydrogens (tertiary/aromatic N) is 2. The molecule has 2 amide bonds. The molecule has 0 atom stereocenters. The number of carbonyl (C=O) groups is 2. The fraction of sp³-hybridized carbons (Fsp3) is 0.333. The second kappa shape index (κ2) is 11.0. The minimum atomic E-state index is -3.87. The smallest absolute Gasteiger partial charge is 0.409 e. The first-order valence-electron chi connectivity index (χ1n) is 10.1. The van der Waals surface area contributed by atoms with E-state index in [-0.39, 0.29) is 29.2 Å². The standard InChI is InChI=1S/C21H23Cl2N3O6S/c1-2-31-21(28)26-9-7-25(8-10-26)20(27)14-32-18-3-5-19(6-4-18)33(29,30)24-17-12-15(22)11-16(23)13-17/h3-6,11-13,24H,2,7-10,14H2,1H3. The summed E-state index contributed by atoms with van der Waals surface area (Å²) >= 11 is 11.8. The molecule has 2 aromatic carbocycles. The van der Waals surface area contributed by atoms with Crippen molar-refractivity contribution in [2.24, 2.45) is 0 Å². The van der Waals surface area contributed by atoms with Gasteiger partial charge in [0.15, 0.2) is 6.61 Å². The molecule has 0 saturated carbocycles. The van der Waals surface area contributed by atoms with Crippen LogP contribution in [0.2, 0.25) is 10.0 Å². The Hall–Kier alpha value is -2.69. The van der Waals surface area contributed by atoms with E-state index in [0.717, 1.165) is 0 Å². The predicted molar refractivity (Wildman–Crippen MR) is 124 cm³/mol. The van der Waals surface area contributed by atoms with Gasteiger partial charge in [0, 0.05) is 36.2 Å². The summed E-state index contributed by atoms with van der Waals surface area (Å²) in [5.41, 5.74) is 0.237.